The van der Waals surface area contributed by atoms with Gasteiger partial charge in [-0.2, -0.15) is 0 Å². The molecular weight excluding hydrogens is 403 g/mol. The van der Waals surface area contributed by atoms with Crippen molar-refractivity contribution in [2.24, 2.45) is 7.05 Å². The average Bonchev–Trinajstić information content (AvgIpc) is 2.77. The molecule has 3 amide bonds. The van der Waals surface area contributed by atoms with Crippen LogP contribution >= 0.6 is 0 Å². The van der Waals surface area contributed by atoms with E-state index in [1.165, 1.54) is 27.7 Å². The van der Waals surface area contributed by atoms with E-state index >= 15 is 0 Å². The van der Waals surface area contributed by atoms with Gasteiger partial charge in [-0.15, -0.1) is 0 Å². The van der Waals surface area contributed by atoms with Gasteiger partial charge in [0.15, 0.2) is 0 Å². The number of aryl methyl sites for hydroxylation is 1. The number of carbonyl (C=O) groups excluding carboxylic acids is 2. The maximum atomic E-state index is 14.5. The lowest BCUT2D eigenvalue weighted by molar-refractivity contribution is 0.0300. The largest absolute Gasteiger partial charge is 0.378 e. The monoisotopic (exact) mass is 424 g/mol. The number of nitrogens with one attached hydrogen (secondary N) is 2. The summed E-state index contributed by atoms with van der Waals surface area (Å²) >= 11 is 0. The van der Waals surface area contributed by atoms with Crippen LogP contribution in [0.5, 0.6) is 0 Å². The first-order chi connectivity index (χ1) is 14.9. The second-order valence-corrected chi connectivity index (χ2v) is 7.18. The molecule has 8 nitrogen and oxygen atoms in total. The third-order valence-electron chi connectivity index (χ3n) is 5.14. The molecule has 1 aliphatic heterocycles. The van der Waals surface area contributed by atoms with E-state index in [1.807, 2.05) is 0 Å². The quantitative estimate of drug-likeness (QED) is 0.676. The molecule has 2 aromatic carbocycles. The molecule has 0 unspecified atom stereocenters. The maximum absolute atomic E-state index is 14.5. The van der Waals surface area contributed by atoms with Gasteiger partial charge in [0.2, 0.25) is 0 Å². The summed E-state index contributed by atoms with van der Waals surface area (Å²) in [5, 5.41) is 6.07. The normalized spacial score (nSPS) is 13.8. The first-order valence-corrected chi connectivity index (χ1v) is 9.77. The van der Waals surface area contributed by atoms with Crippen molar-refractivity contribution in [3.63, 3.8) is 0 Å². The highest BCUT2D eigenvalue weighted by Gasteiger charge is 2.21. The van der Waals surface area contributed by atoms with E-state index in [9.17, 15) is 18.8 Å². The molecule has 160 valence electrons. The van der Waals surface area contributed by atoms with Crippen molar-refractivity contribution < 1.29 is 18.7 Å². The van der Waals surface area contributed by atoms with Gasteiger partial charge in [0.1, 0.15) is 5.82 Å². The molecule has 1 fully saturated rings. The number of anilines is 2. The van der Waals surface area contributed by atoms with Crippen LogP contribution in [0.2, 0.25) is 0 Å². The van der Waals surface area contributed by atoms with Gasteiger partial charge in [-0.25, -0.2) is 9.18 Å². The van der Waals surface area contributed by atoms with E-state index in [-0.39, 0.29) is 16.8 Å². The summed E-state index contributed by atoms with van der Waals surface area (Å²) in [6.07, 6.45) is 0. The number of halogens is 1. The second-order valence-electron chi connectivity index (χ2n) is 7.18. The Bertz CT molecular complexity index is 1220. The topological polar surface area (TPSA) is 92.7 Å². The SMILES string of the molecule is Cn1c(=O)ccc2ccc(NC(=O)Nc3ccc(C(=O)N4CCOCC4)c(F)c3)cc21. The van der Waals surface area contributed by atoms with Crippen LogP contribution in [0.3, 0.4) is 0 Å². The summed E-state index contributed by atoms with van der Waals surface area (Å²) in [5.41, 5.74) is 1.15. The van der Waals surface area contributed by atoms with Crippen molar-refractivity contribution >= 4 is 34.2 Å². The molecule has 9 heteroatoms. The Kier molecular flexibility index (Phi) is 5.68. The van der Waals surface area contributed by atoms with E-state index in [2.05, 4.69) is 10.6 Å². The number of carbonyl (C=O) groups is 2. The third-order valence-corrected chi connectivity index (χ3v) is 5.14. The van der Waals surface area contributed by atoms with E-state index in [0.29, 0.717) is 37.5 Å². The summed E-state index contributed by atoms with van der Waals surface area (Å²) in [7, 11) is 1.65. The standard InChI is InChI=1S/C22H21FN4O4/c1-26-19-13-16(4-2-14(19)3-7-20(26)28)25-22(30)24-15-5-6-17(18(23)12-15)21(29)27-8-10-31-11-9-27/h2-7,12-13H,8-11H2,1H3,(H2,24,25,30). The van der Waals surface area contributed by atoms with Gasteiger partial charge in [0.05, 0.1) is 24.3 Å². The number of rotatable bonds is 3. The summed E-state index contributed by atoms with van der Waals surface area (Å²) in [5.74, 6) is -1.12. The molecule has 0 atom stereocenters. The lowest BCUT2D eigenvalue weighted by Gasteiger charge is -2.27. The fourth-order valence-electron chi connectivity index (χ4n) is 3.44. The number of fused-ring (bicyclic) bond motifs is 1. The van der Waals surface area contributed by atoms with Crippen molar-refractivity contribution in [1.29, 1.82) is 0 Å². The van der Waals surface area contributed by atoms with Gasteiger partial charge in [-0.1, -0.05) is 6.07 Å². The number of pyridine rings is 1. The zero-order valence-corrected chi connectivity index (χ0v) is 16.9. The van der Waals surface area contributed by atoms with Crippen LogP contribution in [0.25, 0.3) is 10.9 Å². The van der Waals surface area contributed by atoms with E-state index in [1.54, 1.807) is 31.3 Å². The van der Waals surface area contributed by atoms with Crippen LogP contribution in [0.1, 0.15) is 10.4 Å². The Hall–Kier alpha value is -3.72. The van der Waals surface area contributed by atoms with Crippen LogP contribution in [-0.4, -0.2) is 47.7 Å². The molecule has 2 heterocycles. The molecule has 0 spiro atoms. The van der Waals surface area contributed by atoms with Crippen molar-refractivity contribution in [3.05, 3.63) is 70.3 Å². The lowest BCUT2D eigenvalue weighted by Crippen LogP contribution is -2.41. The minimum absolute atomic E-state index is 0.0525. The summed E-state index contributed by atoms with van der Waals surface area (Å²) in [6.45, 7) is 1.68. The zero-order chi connectivity index (χ0) is 22.0. The molecular formula is C22H21FN4O4. The van der Waals surface area contributed by atoms with Crippen molar-refractivity contribution in [1.82, 2.24) is 9.47 Å². The molecule has 3 aromatic rings. The molecule has 31 heavy (non-hydrogen) atoms. The molecule has 0 bridgehead atoms. The molecule has 1 saturated heterocycles. The number of aromatic nitrogens is 1. The highest BCUT2D eigenvalue weighted by atomic mass is 19.1. The number of benzene rings is 2. The summed E-state index contributed by atoms with van der Waals surface area (Å²) in [6, 6.07) is 11.7. The zero-order valence-electron chi connectivity index (χ0n) is 16.9. The fourth-order valence-corrected chi connectivity index (χ4v) is 3.44. The van der Waals surface area contributed by atoms with Gasteiger partial charge in [-0.3, -0.25) is 9.59 Å². The number of hydrogen-bond donors (Lipinski definition) is 2. The van der Waals surface area contributed by atoms with Gasteiger partial charge in [-0.05, 0) is 41.8 Å². The number of amides is 3. The molecule has 0 radical (unpaired) electrons. The number of urea groups is 1. The van der Waals surface area contributed by atoms with Crippen LogP contribution in [0.15, 0.2) is 53.3 Å². The smallest absolute Gasteiger partial charge is 0.323 e. The lowest BCUT2D eigenvalue weighted by atomic mass is 10.1. The van der Waals surface area contributed by atoms with E-state index < -0.39 is 17.8 Å². The van der Waals surface area contributed by atoms with Crippen LogP contribution < -0.4 is 16.2 Å². The Labute approximate surface area is 177 Å². The fraction of sp³-hybridized carbons (Fsp3) is 0.227. The first kappa shape index (κ1) is 20.5. The van der Waals surface area contributed by atoms with Crippen molar-refractivity contribution in [2.75, 3.05) is 36.9 Å². The van der Waals surface area contributed by atoms with Crippen LogP contribution in [0, 0.1) is 5.82 Å². The number of ether oxygens (including phenoxy) is 1. The number of hydrogen-bond acceptors (Lipinski definition) is 4. The van der Waals surface area contributed by atoms with Crippen molar-refractivity contribution in [3.8, 4) is 0 Å². The predicted octanol–water partition coefficient (Wildman–Crippen LogP) is 2.79. The summed E-state index contributed by atoms with van der Waals surface area (Å²) in [4.78, 5) is 38.2. The minimum Gasteiger partial charge on any atom is -0.378 e. The van der Waals surface area contributed by atoms with Gasteiger partial charge in [0, 0.05) is 37.6 Å². The molecule has 0 aliphatic carbocycles. The van der Waals surface area contributed by atoms with Gasteiger partial charge < -0.3 is 24.8 Å². The molecule has 2 N–H and O–H groups in total. The van der Waals surface area contributed by atoms with Crippen molar-refractivity contribution in [2.45, 2.75) is 0 Å². The Morgan fingerprint density at radius 1 is 0.968 bits per heavy atom. The molecule has 1 aliphatic rings. The summed E-state index contributed by atoms with van der Waals surface area (Å²) < 4.78 is 21.2. The molecule has 4 rings (SSSR count). The van der Waals surface area contributed by atoms with Gasteiger partial charge in [0.25, 0.3) is 11.5 Å². The number of morpholine rings is 1. The second kappa shape index (κ2) is 8.57. The predicted molar refractivity (Wildman–Crippen MR) is 115 cm³/mol. The highest BCUT2D eigenvalue weighted by Crippen LogP contribution is 2.20. The van der Waals surface area contributed by atoms with Crippen LogP contribution in [0.4, 0.5) is 20.6 Å². The minimum atomic E-state index is -0.713. The molecule has 1 aromatic heterocycles. The maximum Gasteiger partial charge on any atom is 0.323 e. The number of nitrogens with zero attached hydrogens (tertiary/aromatic N) is 2. The average molecular weight is 424 g/mol. The van der Waals surface area contributed by atoms with E-state index in [0.717, 1.165) is 11.5 Å². The third kappa shape index (κ3) is 4.41. The highest BCUT2D eigenvalue weighted by molar-refractivity contribution is 6.01. The molecule has 0 saturated carbocycles. The Morgan fingerprint density at radius 3 is 2.32 bits per heavy atom. The Balaban J connectivity index is 1.45. The van der Waals surface area contributed by atoms with Gasteiger partial charge >= 0.3 is 6.03 Å². The van der Waals surface area contributed by atoms with Crippen LogP contribution in [-0.2, 0) is 11.8 Å². The first-order valence-electron chi connectivity index (χ1n) is 9.77. The van der Waals surface area contributed by atoms with E-state index in [4.69, 9.17) is 4.74 Å². The Morgan fingerprint density at radius 2 is 1.61 bits per heavy atom.